The first-order valence-corrected chi connectivity index (χ1v) is 8.39. The van der Waals surface area contributed by atoms with E-state index in [1.54, 1.807) is 6.07 Å². The van der Waals surface area contributed by atoms with Crippen molar-refractivity contribution >= 4 is 10.9 Å². The molecule has 0 fully saturated rings. The lowest BCUT2D eigenvalue weighted by atomic mass is 9.88. The van der Waals surface area contributed by atoms with Gasteiger partial charge in [-0.25, -0.2) is 9.37 Å². The highest BCUT2D eigenvalue weighted by atomic mass is 19.1. The van der Waals surface area contributed by atoms with Gasteiger partial charge in [0.25, 0.3) is 0 Å². The average Bonchev–Trinajstić information content (AvgIpc) is 2.45. The van der Waals surface area contributed by atoms with E-state index in [0.717, 1.165) is 28.7 Å². The van der Waals surface area contributed by atoms with Crippen LogP contribution in [0.25, 0.3) is 22.2 Å². The fourth-order valence-electron chi connectivity index (χ4n) is 3.22. The van der Waals surface area contributed by atoms with E-state index in [4.69, 9.17) is 0 Å². The Morgan fingerprint density at radius 3 is 2.21 bits per heavy atom. The highest BCUT2D eigenvalue weighted by Gasteiger charge is 2.14. The zero-order chi connectivity index (χ0) is 17.5. The van der Waals surface area contributed by atoms with Crippen molar-refractivity contribution in [2.45, 2.75) is 41.0 Å². The highest BCUT2D eigenvalue weighted by molar-refractivity contribution is 5.83. The molecule has 1 heterocycles. The van der Waals surface area contributed by atoms with Crippen molar-refractivity contribution < 1.29 is 4.39 Å². The summed E-state index contributed by atoms with van der Waals surface area (Å²) in [5.74, 6) is -0.204. The molecule has 0 aliphatic carbocycles. The number of benzene rings is 2. The van der Waals surface area contributed by atoms with E-state index in [2.05, 4.69) is 50.0 Å². The van der Waals surface area contributed by atoms with Gasteiger partial charge < -0.3 is 0 Å². The molecule has 0 aliphatic heterocycles. The van der Waals surface area contributed by atoms with Gasteiger partial charge in [0.1, 0.15) is 5.82 Å². The molecule has 1 aromatic heterocycles. The lowest BCUT2D eigenvalue weighted by Gasteiger charge is -2.18. The van der Waals surface area contributed by atoms with Crippen LogP contribution in [-0.2, 0) is 6.42 Å². The quantitative estimate of drug-likeness (QED) is 0.544. The lowest BCUT2D eigenvalue weighted by Crippen LogP contribution is -2.09. The minimum absolute atomic E-state index is 0.177. The molecular weight excluding hydrogens is 297 g/mol. The molecule has 1 nitrogen and oxygen atoms in total. The zero-order valence-corrected chi connectivity index (χ0v) is 15.1. The molecule has 3 rings (SSSR count). The van der Waals surface area contributed by atoms with E-state index >= 15 is 0 Å². The first-order chi connectivity index (χ1) is 11.2. The van der Waals surface area contributed by atoms with Crippen molar-refractivity contribution in [2.75, 3.05) is 0 Å². The summed E-state index contributed by atoms with van der Waals surface area (Å²) in [5, 5.41) is 0.602. The molecule has 0 radical (unpaired) electrons. The summed E-state index contributed by atoms with van der Waals surface area (Å²) in [6, 6.07) is 13.7. The second kappa shape index (κ2) is 6.01. The summed E-state index contributed by atoms with van der Waals surface area (Å²) >= 11 is 0. The summed E-state index contributed by atoms with van der Waals surface area (Å²) in [4.78, 5) is 4.69. The van der Waals surface area contributed by atoms with Crippen LogP contribution in [0.3, 0.4) is 0 Å². The Balaban J connectivity index is 2.09. The Kier molecular flexibility index (Phi) is 4.16. The second-order valence-electron chi connectivity index (χ2n) is 7.95. The number of hydrogen-bond donors (Lipinski definition) is 0. The van der Waals surface area contributed by atoms with Crippen molar-refractivity contribution in [2.24, 2.45) is 5.41 Å². The third kappa shape index (κ3) is 3.64. The molecule has 124 valence electrons. The van der Waals surface area contributed by atoms with Crippen molar-refractivity contribution in [1.29, 1.82) is 0 Å². The van der Waals surface area contributed by atoms with Gasteiger partial charge >= 0.3 is 0 Å². The van der Waals surface area contributed by atoms with Gasteiger partial charge in [-0.05, 0) is 55.5 Å². The Bertz CT molecular complexity index is 883. The van der Waals surface area contributed by atoms with Gasteiger partial charge in [-0.15, -0.1) is 0 Å². The topological polar surface area (TPSA) is 12.9 Å². The Hall–Kier alpha value is -2.22. The molecule has 2 heteroatoms. The van der Waals surface area contributed by atoms with E-state index in [9.17, 15) is 4.39 Å². The summed E-state index contributed by atoms with van der Waals surface area (Å²) < 4.78 is 14.7. The molecule has 3 aromatic rings. The number of rotatable bonds is 2. The first kappa shape index (κ1) is 16.6. The van der Waals surface area contributed by atoms with Crippen molar-refractivity contribution in [3.63, 3.8) is 0 Å². The van der Waals surface area contributed by atoms with Gasteiger partial charge in [0.15, 0.2) is 0 Å². The van der Waals surface area contributed by atoms with Crippen molar-refractivity contribution in [1.82, 2.24) is 4.98 Å². The molecule has 0 N–H and O–H groups in total. The van der Waals surface area contributed by atoms with Gasteiger partial charge in [-0.2, -0.15) is 0 Å². The van der Waals surface area contributed by atoms with Crippen LogP contribution >= 0.6 is 0 Å². The Morgan fingerprint density at radius 2 is 1.58 bits per heavy atom. The van der Waals surface area contributed by atoms with Crippen LogP contribution in [0.4, 0.5) is 4.39 Å². The summed E-state index contributed by atoms with van der Waals surface area (Å²) in [5.41, 5.74) is 6.01. The van der Waals surface area contributed by atoms with E-state index in [-0.39, 0.29) is 11.2 Å². The molecule has 24 heavy (non-hydrogen) atoms. The molecule has 2 aromatic carbocycles. The predicted molar refractivity (Wildman–Crippen MR) is 99.8 cm³/mol. The van der Waals surface area contributed by atoms with E-state index < -0.39 is 0 Å². The molecule has 0 saturated carbocycles. The van der Waals surface area contributed by atoms with E-state index in [0.29, 0.717) is 16.6 Å². The fourth-order valence-corrected chi connectivity index (χ4v) is 3.22. The summed E-state index contributed by atoms with van der Waals surface area (Å²) in [6.07, 6.45) is 0.918. The molecule has 0 aliphatic rings. The summed E-state index contributed by atoms with van der Waals surface area (Å²) in [7, 11) is 0. The maximum atomic E-state index is 14.7. The van der Waals surface area contributed by atoms with Crippen LogP contribution in [0, 0.1) is 25.1 Å². The van der Waals surface area contributed by atoms with Crippen LogP contribution in [0.5, 0.6) is 0 Å². The third-order valence-corrected chi connectivity index (χ3v) is 4.07. The number of halogens is 1. The molecule has 0 spiro atoms. The van der Waals surface area contributed by atoms with Crippen LogP contribution in [0.1, 0.15) is 37.5 Å². The molecule has 0 atom stereocenters. The zero-order valence-electron chi connectivity index (χ0n) is 15.1. The smallest absolute Gasteiger partial charge is 0.134 e. The number of fused-ring (bicyclic) bond motifs is 1. The van der Waals surface area contributed by atoms with E-state index in [1.165, 1.54) is 0 Å². The summed E-state index contributed by atoms with van der Waals surface area (Å²) in [6.45, 7) is 10.7. The lowest BCUT2D eigenvalue weighted by molar-refractivity contribution is 0.411. The van der Waals surface area contributed by atoms with Gasteiger partial charge in [0, 0.05) is 17.0 Å². The standard InChI is InChI=1S/C22H24FN/c1-14-8-15(2)10-17(9-14)21-12-19(23)18-11-16(13-22(3,4)5)6-7-20(18)24-21/h6-12H,13H2,1-5H3. The molecular formula is C22H24FN. The molecule has 0 saturated heterocycles. The minimum atomic E-state index is -0.204. The number of hydrogen-bond acceptors (Lipinski definition) is 1. The maximum Gasteiger partial charge on any atom is 0.134 e. The normalized spacial score (nSPS) is 11.9. The van der Waals surface area contributed by atoms with E-state index in [1.807, 2.05) is 26.0 Å². The van der Waals surface area contributed by atoms with Gasteiger partial charge in [-0.3, -0.25) is 0 Å². The van der Waals surface area contributed by atoms with Crippen molar-refractivity contribution in [3.05, 3.63) is 65.0 Å². The number of pyridine rings is 1. The predicted octanol–water partition coefficient (Wildman–Crippen LogP) is 6.25. The minimum Gasteiger partial charge on any atom is -0.248 e. The van der Waals surface area contributed by atoms with Crippen LogP contribution in [0.2, 0.25) is 0 Å². The third-order valence-electron chi connectivity index (χ3n) is 4.07. The monoisotopic (exact) mass is 321 g/mol. The Morgan fingerprint density at radius 1 is 0.917 bits per heavy atom. The first-order valence-electron chi connectivity index (χ1n) is 8.39. The van der Waals surface area contributed by atoms with Gasteiger partial charge in [0.05, 0.1) is 11.2 Å². The average molecular weight is 321 g/mol. The van der Waals surface area contributed by atoms with Gasteiger partial charge in [-0.1, -0.05) is 44.0 Å². The largest absolute Gasteiger partial charge is 0.248 e. The van der Waals surface area contributed by atoms with Crippen LogP contribution in [-0.4, -0.2) is 4.98 Å². The fraction of sp³-hybridized carbons (Fsp3) is 0.318. The SMILES string of the molecule is Cc1cc(C)cc(-c2cc(F)c3cc(CC(C)(C)C)ccc3n2)c1. The van der Waals surface area contributed by atoms with Crippen LogP contribution < -0.4 is 0 Å². The van der Waals surface area contributed by atoms with Crippen molar-refractivity contribution in [3.8, 4) is 11.3 Å². The molecule has 0 unspecified atom stereocenters. The second-order valence-corrected chi connectivity index (χ2v) is 7.95. The van der Waals surface area contributed by atoms with Gasteiger partial charge in [0.2, 0.25) is 0 Å². The molecule has 0 amide bonds. The van der Waals surface area contributed by atoms with Crippen LogP contribution in [0.15, 0.2) is 42.5 Å². The number of aryl methyl sites for hydroxylation is 2. The number of aromatic nitrogens is 1. The Labute approximate surface area is 143 Å². The maximum absolute atomic E-state index is 14.7. The number of nitrogens with zero attached hydrogens (tertiary/aromatic N) is 1. The highest BCUT2D eigenvalue weighted by Crippen LogP contribution is 2.28. The molecule has 0 bridgehead atoms.